The number of rotatable bonds is 5. The third-order valence-corrected chi connectivity index (χ3v) is 3.11. The molecule has 5 nitrogen and oxygen atoms in total. The number of hydrogen-bond donors (Lipinski definition) is 1. The van der Waals surface area contributed by atoms with Gasteiger partial charge in [0, 0.05) is 26.2 Å². The van der Waals surface area contributed by atoms with Crippen LogP contribution in [0.15, 0.2) is 0 Å². The molecule has 106 valence electrons. The second kappa shape index (κ2) is 6.50. The van der Waals surface area contributed by atoms with E-state index in [1.807, 2.05) is 27.7 Å². The van der Waals surface area contributed by atoms with Crippen LogP contribution in [0, 0.1) is 0 Å². The van der Waals surface area contributed by atoms with Crippen LogP contribution in [0.1, 0.15) is 27.7 Å². The van der Waals surface area contributed by atoms with E-state index in [-0.39, 0.29) is 30.3 Å². The van der Waals surface area contributed by atoms with Gasteiger partial charge < -0.3 is 19.7 Å². The summed E-state index contributed by atoms with van der Waals surface area (Å²) in [4.78, 5) is 13.4. The van der Waals surface area contributed by atoms with Crippen molar-refractivity contribution in [2.24, 2.45) is 0 Å². The predicted octanol–water partition coefficient (Wildman–Crippen LogP) is 0.637. The van der Waals surface area contributed by atoms with Crippen LogP contribution in [-0.2, 0) is 14.3 Å². The van der Waals surface area contributed by atoms with Crippen molar-refractivity contribution in [3.8, 4) is 0 Å². The van der Waals surface area contributed by atoms with E-state index in [1.54, 1.807) is 11.9 Å². The van der Waals surface area contributed by atoms with Crippen molar-refractivity contribution < 1.29 is 14.3 Å². The normalized spacial score (nSPS) is 23.1. The second-order valence-electron chi connectivity index (χ2n) is 5.74. The zero-order valence-electron chi connectivity index (χ0n) is 12.2. The maximum Gasteiger partial charge on any atom is 0.248 e. The van der Waals surface area contributed by atoms with Gasteiger partial charge in [-0.1, -0.05) is 0 Å². The molecule has 1 unspecified atom stereocenters. The SMILES string of the molecule is CC(C)N(C)C(=O)COCC1CNCC(C)(C)O1. The molecule has 1 atom stereocenters. The zero-order valence-corrected chi connectivity index (χ0v) is 12.2. The van der Waals surface area contributed by atoms with Crippen LogP contribution in [0.2, 0.25) is 0 Å². The molecular formula is C13H26N2O3. The molecular weight excluding hydrogens is 232 g/mol. The average molecular weight is 258 g/mol. The van der Waals surface area contributed by atoms with Gasteiger partial charge in [-0.25, -0.2) is 0 Å². The molecule has 0 spiro atoms. The highest BCUT2D eigenvalue weighted by Crippen LogP contribution is 2.15. The number of nitrogens with one attached hydrogen (secondary N) is 1. The molecule has 18 heavy (non-hydrogen) atoms. The number of nitrogens with zero attached hydrogens (tertiary/aromatic N) is 1. The number of hydrogen-bond acceptors (Lipinski definition) is 4. The highest BCUT2D eigenvalue weighted by Gasteiger charge is 2.28. The van der Waals surface area contributed by atoms with E-state index in [0.717, 1.165) is 13.1 Å². The van der Waals surface area contributed by atoms with Crippen molar-refractivity contribution in [2.75, 3.05) is 33.4 Å². The van der Waals surface area contributed by atoms with Gasteiger partial charge in [0.15, 0.2) is 0 Å². The van der Waals surface area contributed by atoms with E-state index in [1.165, 1.54) is 0 Å². The van der Waals surface area contributed by atoms with Crippen LogP contribution in [0.25, 0.3) is 0 Å². The summed E-state index contributed by atoms with van der Waals surface area (Å²) in [7, 11) is 1.79. The molecule has 0 radical (unpaired) electrons. The van der Waals surface area contributed by atoms with Gasteiger partial charge in [-0.2, -0.15) is 0 Å². The maximum absolute atomic E-state index is 11.7. The number of carbonyl (C=O) groups is 1. The topological polar surface area (TPSA) is 50.8 Å². The first-order chi connectivity index (χ1) is 8.32. The molecule has 1 saturated heterocycles. The summed E-state index contributed by atoms with van der Waals surface area (Å²) in [6, 6.07) is 0.202. The van der Waals surface area contributed by atoms with Crippen LogP contribution in [0.5, 0.6) is 0 Å². The van der Waals surface area contributed by atoms with Gasteiger partial charge >= 0.3 is 0 Å². The van der Waals surface area contributed by atoms with Crippen LogP contribution < -0.4 is 5.32 Å². The fourth-order valence-electron chi connectivity index (χ4n) is 1.83. The van der Waals surface area contributed by atoms with Crippen molar-refractivity contribution in [1.82, 2.24) is 10.2 Å². The smallest absolute Gasteiger partial charge is 0.248 e. The Balaban J connectivity index is 2.23. The largest absolute Gasteiger partial charge is 0.369 e. The van der Waals surface area contributed by atoms with Gasteiger partial charge in [-0.3, -0.25) is 4.79 Å². The molecule has 0 aromatic carbocycles. The molecule has 1 amide bonds. The first-order valence-corrected chi connectivity index (χ1v) is 6.54. The standard InChI is InChI=1S/C13H26N2O3/c1-10(2)15(5)12(16)8-17-7-11-6-14-9-13(3,4)18-11/h10-11,14H,6-9H2,1-5H3. The summed E-state index contributed by atoms with van der Waals surface area (Å²) in [5.74, 6) is 0.00743. The average Bonchev–Trinajstić information content (AvgIpc) is 2.26. The first kappa shape index (κ1) is 15.4. The van der Waals surface area contributed by atoms with E-state index in [4.69, 9.17) is 9.47 Å². The lowest BCUT2D eigenvalue weighted by molar-refractivity contribution is -0.143. The maximum atomic E-state index is 11.7. The summed E-state index contributed by atoms with van der Waals surface area (Å²) in [6.07, 6.45) is 0.0194. The van der Waals surface area contributed by atoms with Gasteiger partial charge in [0.25, 0.3) is 0 Å². The third kappa shape index (κ3) is 4.92. The Morgan fingerprint density at radius 3 is 2.78 bits per heavy atom. The molecule has 1 fully saturated rings. The Morgan fingerprint density at radius 1 is 1.56 bits per heavy atom. The summed E-state index contributed by atoms with van der Waals surface area (Å²) < 4.78 is 11.3. The molecule has 1 rings (SSSR count). The number of amides is 1. The lowest BCUT2D eigenvalue weighted by Crippen LogP contribution is -2.52. The molecule has 0 bridgehead atoms. The molecule has 0 aromatic rings. The van der Waals surface area contributed by atoms with Gasteiger partial charge in [-0.05, 0) is 27.7 Å². The molecule has 1 heterocycles. The molecule has 0 saturated carbocycles. The van der Waals surface area contributed by atoms with Crippen LogP contribution in [0.3, 0.4) is 0 Å². The fraction of sp³-hybridized carbons (Fsp3) is 0.923. The van der Waals surface area contributed by atoms with Gasteiger partial charge in [0.1, 0.15) is 6.61 Å². The number of morpholine rings is 1. The highest BCUT2D eigenvalue weighted by molar-refractivity contribution is 5.77. The minimum absolute atomic E-state index is 0.00743. The lowest BCUT2D eigenvalue weighted by atomic mass is 10.1. The van der Waals surface area contributed by atoms with E-state index in [2.05, 4.69) is 5.32 Å². The Bertz CT molecular complexity index is 279. The number of likely N-dealkylation sites (N-methyl/N-ethyl adjacent to an activating group) is 1. The minimum Gasteiger partial charge on any atom is -0.369 e. The third-order valence-electron chi connectivity index (χ3n) is 3.11. The molecule has 1 aliphatic heterocycles. The summed E-state index contributed by atoms with van der Waals surface area (Å²) >= 11 is 0. The number of carbonyl (C=O) groups excluding carboxylic acids is 1. The van der Waals surface area contributed by atoms with Crippen molar-refractivity contribution in [2.45, 2.75) is 45.4 Å². The van der Waals surface area contributed by atoms with Crippen molar-refractivity contribution in [3.05, 3.63) is 0 Å². The minimum atomic E-state index is -0.162. The Labute approximate surface area is 110 Å². The monoisotopic (exact) mass is 258 g/mol. The second-order valence-corrected chi connectivity index (χ2v) is 5.74. The van der Waals surface area contributed by atoms with E-state index >= 15 is 0 Å². The molecule has 1 aliphatic rings. The Kier molecular flexibility index (Phi) is 5.56. The van der Waals surface area contributed by atoms with Crippen LogP contribution in [-0.4, -0.2) is 61.9 Å². The van der Waals surface area contributed by atoms with Crippen LogP contribution >= 0.6 is 0 Å². The molecule has 5 heteroatoms. The summed E-state index contributed by atoms with van der Waals surface area (Å²) in [6.45, 7) is 10.2. The highest BCUT2D eigenvalue weighted by atomic mass is 16.5. The van der Waals surface area contributed by atoms with Crippen LogP contribution in [0.4, 0.5) is 0 Å². The van der Waals surface area contributed by atoms with Crippen molar-refractivity contribution in [3.63, 3.8) is 0 Å². The zero-order chi connectivity index (χ0) is 13.8. The van der Waals surface area contributed by atoms with Crippen molar-refractivity contribution >= 4 is 5.91 Å². The fourth-order valence-corrected chi connectivity index (χ4v) is 1.83. The predicted molar refractivity (Wildman–Crippen MR) is 70.5 cm³/mol. The van der Waals surface area contributed by atoms with Gasteiger partial charge in [0.05, 0.1) is 18.3 Å². The number of ether oxygens (including phenoxy) is 2. The Morgan fingerprint density at radius 2 is 2.22 bits per heavy atom. The van der Waals surface area contributed by atoms with E-state index in [9.17, 15) is 4.79 Å². The van der Waals surface area contributed by atoms with Gasteiger partial charge in [0.2, 0.25) is 5.91 Å². The Hall–Kier alpha value is -0.650. The first-order valence-electron chi connectivity index (χ1n) is 6.54. The summed E-state index contributed by atoms with van der Waals surface area (Å²) in [5.41, 5.74) is -0.162. The quantitative estimate of drug-likeness (QED) is 0.786. The molecule has 0 aliphatic carbocycles. The van der Waals surface area contributed by atoms with E-state index in [0.29, 0.717) is 6.61 Å². The molecule has 1 N–H and O–H groups in total. The van der Waals surface area contributed by atoms with E-state index < -0.39 is 0 Å². The molecule has 0 aromatic heterocycles. The van der Waals surface area contributed by atoms with Crippen molar-refractivity contribution in [1.29, 1.82) is 0 Å². The summed E-state index contributed by atoms with van der Waals surface area (Å²) in [5, 5.41) is 3.30. The lowest BCUT2D eigenvalue weighted by Gasteiger charge is -2.36. The van der Waals surface area contributed by atoms with Gasteiger partial charge in [-0.15, -0.1) is 0 Å².